The van der Waals surface area contributed by atoms with E-state index in [0.717, 1.165) is 6.42 Å². The molecule has 1 unspecified atom stereocenters. The van der Waals surface area contributed by atoms with Crippen LogP contribution in [-0.2, 0) is 9.53 Å². The number of amides is 1. The Morgan fingerprint density at radius 3 is 2.83 bits per heavy atom. The van der Waals surface area contributed by atoms with Gasteiger partial charge in [0.25, 0.3) is 0 Å². The summed E-state index contributed by atoms with van der Waals surface area (Å²) in [6.07, 6.45) is 0.933. The highest BCUT2D eigenvalue weighted by Gasteiger charge is 2.03. The first-order valence-corrected chi connectivity index (χ1v) is 4.27. The third-order valence-corrected chi connectivity index (χ3v) is 1.52. The lowest BCUT2D eigenvalue weighted by Crippen LogP contribution is -2.35. The summed E-state index contributed by atoms with van der Waals surface area (Å²) in [5.74, 6) is -0.0715. The van der Waals surface area contributed by atoms with Crippen LogP contribution in [0.3, 0.4) is 0 Å². The molecule has 0 aromatic carbocycles. The van der Waals surface area contributed by atoms with Crippen LogP contribution in [0.15, 0.2) is 0 Å². The monoisotopic (exact) mass is 174 g/mol. The SMILES string of the molecule is CCC(C)NC(=O)COCCN. The number of hydrogen-bond acceptors (Lipinski definition) is 3. The summed E-state index contributed by atoms with van der Waals surface area (Å²) >= 11 is 0. The molecule has 1 amide bonds. The van der Waals surface area contributed by atoms with E-state index in [9.17, 15) is 4.79 Å². The number of hydrogen-bond donors (Lipinski definition) is 2. The number of nitrogens with two attached hydrogens (primary N) is 1. The third-order valence-electron chi connectivity index (χ3n) is 1.52. The lowest BCUT2D eigenvalue weighted by molar-refractivity contribution is -0.126. The molecule has 4 nitrogen and oxygen atoms in total. The Hall–Kier alpha value is -0.610. The van der Waals surface area contributed by atoms with Gasteiger partial charge in [-0.25, -0.2) is 0 Å². The summed E-state index contributed by atoms with van der Waals surface area (Å²) < 4.78 is 4.95. The second kappa shape index (κ2) is 7.06. The fourth-order valence-corrected chi connectivity index (χ4v) is 0.667. The molecule has 3 N–H and O–H groups in total. The van der Waals surface area contributed by atoms with Crippen LogP contribution in [0.25, 0.3) is 0 Å². The number of carbonyl (C=O) groups excluding carboxylic acids is 1. The van der Waals surface area contributed by atoms with Crippen molar-refractivity contribution in [2.75, 3.05) is 19.8 Å². The van der Waals surface area contributed by atoms with Crippen LogP contribution in [0, 0.1) is 0 Å². The van der Waals surface area contributed by atoms with Crippen LogP contribution in [0.5, 0.6) is 0 Å². The predicted octanol–water partition coefficient (Wildman–Crippen LogP) is -0.124. The zero-order valence-electron chi connectivity index (χ0n) is 7.80. The average Bonchev–Trinajstić information content (AvgIpc) is 2.05. The van der Waals surface area contributed by atoms with Gasteiger partial charge in [0.1, 0.15) is 6.61 Å². The molecule has 0 aliphatic carbocycles. The standard InChI is InChI=1S/C8H18N2O2/c1-3-7(2)10-8(11)6-12-5-4-9/h7H,3-6,9H2,1-2H3,(H,10,11). The summed E-state index contributed by atoms with van der Waals surface area (Å²) in [4.78, 5) is 11.0. The normalized spacial score (nSPS) is 12.6. The van der Waals surface area contributed by atoms with E-state index >= 15 is 0 Å². The Bertz CT molecular complexity index is 128. The molecule has 12 heavy (non-hydrogen) atoms. The van der Waals surface area contributed by atoms with Gasteiger partial charge in [0.05, 0.1) is 6.61 Å². The molecule has 0 heterocycles. The molecule has 0 saturated heterocycles. The molecule has 0 rings (SSSR count). The van der Waals surface area contributed by atoms with Gasteiger partial charge in [-0.3, -0.25) is 4.79 Å². The van der Waals surface area contributed by atoms with Gasteiger partial charge in [0, 0.05) is 12.6 Å². The van der Waals surface area contributed by atoms with Crippen LogP contribution < -0.4 is 11.1 Å². The molecule has 1 atom stereocenters. The maximum absolute atomic E-state index is 11.0. The fourth-order valence-electron chi connectivity index (χ4n) is 0.667. The molecule has 4 heteroatoms. The van der Waals surface area contributed by atoms with E-state index in [0.29, 0.717) is 13.2 Å². The summed E-state index contributed by atoms with van der Waals surface area (Å²) in [5.41, 5.74) is 5.19. The van der Waals surface area contributed by atoms with Gasteiger partial charge in [0.2, 0.25) is 5.91 Å². The molecule has 0 saturated carbocycles. The quantitative estimate of drug-likeness (QED) is 0.552. The van der Waals surface area contributed by atoms with Crippen molar-refractivity contribution in [3.63, 3.8) is 0 Å². The average molecular weight is 174 g/mol. The van der Waals surface area contributed by atoms with Crippen LogP contribution in [0.2, 0.25) is 0 Å². The van der Waals surface area contributed by atoms with Gasteiger partial charge >= 0.3 is 0 Å². The lowest BCUT2D eigenvalue weighted by atomic mass is 10.2. The van der Waals surface area contributed by atoms with Crippen molar-refractivity contribution in [1.29, 1.82) is 0 Å². The maximum Gasteiger partial charge on any atom is 0.246 e. The second-order valence-electron chi connectivity index (χ2n) is 2.72. The molecule has 72 valence electrons. The lowest BCUT2D eigenvalue weighted by Gasteiger charge is -2.10. The first kappa shape index (κ1) is 11.4. The number of rotatable bonds is 6. The largest absolute Gasteiger partial charge is 0.370 e. The van der Waals surface area contributed by atoms with Crippen molar-refractivity contribution in [1.82, 2.24) is 5.32 Å². The minimum atomic E-state index is -0.0715. The molecular formula is C8H18N2O2. The minimum absolute atomic E-state index is 0.0715. The molecular weight excluding hydrogens is 156 g/mol. The number of ether oxygens (including phenoxy) is 1. The van der Waals surface area contributed by atoms with E-state index in [4.69, 9.17) is 10.5 Å². The predicted molar refractivity (Wildman–Crippen MR) is 47.8 cm³/mol. The summed E-state index contributed by atoms with van der Waals surface area (Å²) in [7, 11) is 0. The highest BCUT2D eigenvalue weighted by Crippen LogP contribution is 1.87. The zero-order valence-corrected chi connectivity index (χ0v) is 7.80. The Morgan fingerprint density at radius 2 is 2.33 bits per heavy atom. The first-order chi connectivity index (χ1) is 5.70. The van der Waals surface area contributed by atoms with Crippen LogP contribution in [0.1, 0.15) is 20.3 Å². The van der Waals surface area contributed by atoms with E-state index in [-0.39, 0.29) is 18.6 Å². The van der Waals surface area contributed by atoms with E-state index in [1.807, 2.05) is 13.8 Å². The van der Waals surface area contributed by atoms with Gasteiger partial charge < -0.3 is 15.8 Å². The molecule has 0 spiro atoms. The number of carbonyl (C=O) groups is 1. The van der Waals surface area contributed by atoms with Crippen LogP contribution >= 0.6 is 0 Å². The van der Waals surface area contributed by atoms with Gasteiger partial charge in [-0.05, 0) is 13.3 Å². The molecule has 0 aliphatic heterocycles. The molecule has 0 aliphatic rings. The van der Waals surface area contributed by atoms with Crippen molar-refractivity contribution in [2.45, 2.75) is 26.3 Å². The Labute approximate surface area is 73.5 Å². The van der Waals surface area contributed by atoms with Crippen molar-refractivity contribution >= 4 is 5.91 Å². The summed E-state index contributed by atoms with van der Waals surface area (Å²) in [5, 5.41) is 2.78. The van der Waals surface area contributed by atoms with Crippen LogP contribution in [-0.4, -0.2) is 31.7 Å². The molecule has 0 fully saturated rings. The van der Waals surface area contributed by atoms with Gasteiger partial charge in [-0.1, -0.05) is 6.92 Å². The maximum atomic E-state index is 11.0. The van der Waals surface area contributed by atoms with E-state index < -0.39 is 0 Å². The summed E-state index contributed by atoms with van der Waals surface area (Å²) in [6.45, 7) is 4.98. The van der Waals surface area contributed by atoms with Crippen molar-refractivity contribution in [3.8, 4) is 0 Å². The minimum Gasteiger partial charge on any atom is -0.370 e. The topological polar surface area (TPSA) is 64.3 Å². The number of nitrogens with one attached hydrogen (secondary N) is 1. The summed E-state index contributed by atoms with van der Waals surface area (Å²) in [6, 6.07) is 0.221. The van der Waals surface area contributed by atoms with Gasteiger partial charge in [-0.15, -0.1) is 0 Å². The fraction of sp³-hybridized carbons (Fsp3) is 0.875. The third kappa shape index (κ3) is 6.12. The van der Waals surface area contributed by atoms with Crippen molar-refractivity contribution in [3.05, 3.63) is 0 Å². The molecule has 0 aromatic heterocycles. The van der Waals surface area contributed by atoms with E-state index in [1.54, 1.807) is 0 Å². The highest BCUT2D eigenvalue weighted by molar-refractivity contribution is 5.77. The first-order valence-electron chi connectivity index (χ1n) is 4.27. The van der Waals surface area contributed by atoms with Crippen LogP contribution in [0.4, 0.5) is 0 Å². The zero-order chi connectivity index (χ0) is 9.40. The Morgan fingerprint density at radius 1 is 1.67 bits per heavy atom. The Kier molecular flexibility index (Phi) is 6.70. The second-order valence-corrected chi connectivity index (χ2v) is 2.72. The molecule has 0 aromatic rings. The van der Waals surface area contributed by atoms with Gasteiger partial charge in [-0.2, -0.15) is 0 Å². The molecule has 0 bridgehead atoms. The van der Waals surface area contributed by atoms with Crippen molar-refractivity contribution in [2.24, 2.45) is 5.73 Å². The smallest absolute Gasteiger partial charge is 0.246 e. The van der Waals surface area contributed by atoms with E-state index in [2.05, 4.69) is 5.32 Å². The highest BCUT2D eigenvalue weighted by atomic mass is 16.5. The molecule has 0 radical (unpaired) electrons. The Balaban J connectivity index is 3.33. The van der Waals surface area contributed by atoms with Gasteiger partial charge in [0.15, 0.2) is 0 Å². The van der Waals surface area contributed by atoms with Crippen molar-refractivity contribution < 1.29 is 9.53 Å². The van der Waals surface area contributed by atoms with E-state index in [1.165, 1.54) is 0 Å².